The van der Waals surface area contributed by atoms with Crippen molar-refractivity contribution in [2.45, 2.75) is 26.4 Å². The molecule has 0 fully saturated rings. The quantitative estimate of drug-likeness (QED) is 0.321. The highest BCUT2D eigenvalue weighted by Gasteiger charge is 2.30. The number of esters is 1. The Labute approximate surface area is 193 Å². The van der Waals surface area contributed by atoms with Crippen molar-refractivity contribution in [3.63, 3.8) is 0 Å². The maximum Gasteiger partial charge on any atom is 0.416 e. The summed E-state index contributed by atoms with van der Waals surface area (Å²) < 4.78 is 49.0. The van der Waals surface area contributed by atoms with Gasteiger partial charge in [0.2, 0.25) is 11.7 Å². The van der Waals surface area contributed by atoms with Crippen molar-refractivity contribution in [1.29, 1.82) is 0 Å². The van der Waals surface area contributed by atoms with E-state index in [2.05, 4.69) is 5.32 Å². The van der Waals surface area contributed by atoms with Gasteiger partial charge < -0.3 is 14.5 Å². The maximum absolute atomic E-state index is 12.9. The molecule has 0 aliphatic rings. The molecule has 1 N–H and O–H groups in total. The number of nitrogens with one attached hydrogen (secondary N) is 1. The van der Waals surface area contributed by atoms with Crippen molar-refractivity contribution in [1.82, 2.24) is 0 Å². The molecule has 0 unspecified atom stereocenters. The Balaban J connectivity index is 1.58. The summed E-state index contributed by atoms with van der Waals surface area (Å²) in [5.74, 6) is -1.51. The highest BCUT2D eigenvalue weighted by molar-refractivity contribution is 5.99. The molecule has 34 heavy (non-hydrogen) atoms. The van der Waals surface area contributed by atoms with E-state index in [-0.39, 0.29) is 34.5 Å². The van der Waals surface area contributed by atoms with Crippen molar-refractivity contribution in [2.75, 3.05) is 11.9 Å². The number of hydrogen-bond donors (Lipinski definition) is 1. The van der Waals surface area contributed by atoms with E-state index in [0.717, 1.165) is 12.1 Å². The zero-order chi connectivity index (χ0) is 24.9. The number of alkyl halides is 3. The van der Waals surface area contributed by atoms with Crippen molar-refractivity contribution in [2.24, 2.45) is 5.92 Å². The molecule has 3 aromatic rings. The third-order valence-electron chi connectivity index (χ3n) is 4.70. The number of Topliss-reactive ketones (excluding diaryl/α,β-unsaturated/α-hetero) is 1. The summed E-state index contributed by atoms with van der Waals surface area (Å²) in [6.45, 7) is 3.30. The molecule has 0 spiro atoms. The normalized spacial score (nSPS) is 11.4. The Morgan fingerprint density at radius 1 is 1.00 bits per heavy atom. The molecule has 0 aliphatic carbocycles. The molecule has 0 bridgehead atoms. The molecular formula is C25H22F3NO5. The molecule has 1 aromatic heterocycles. The van der Waals surface area contributed by atoms with Crippen LogP contribution < -0.4 is 5.32 Å². The molecule has 1 heterocycles. The zero-order valence-corrected chi connectivity index (χ0v) is 18.4. The van der Waals surface area contributed by atoms with Gasteiger partial charge in [-0.3, -0.25) is 9.59 Å². The standard InChI is InChI=1S/C25H22F3NO5/c1-15(2)12-23(31)29-19-8-6-16(7-9-19)20(30)14-33-24(32)22-11-10-21(34-22)17-4-3-5-18(13-17)25(26,27)28/h3-11,13,15H,12,14H2,1-2H3,(H,29,31). The predicted molar refractivity (Wildman–Crippen MR) is 118 cm³/mol. The lowest BCUT2D eigenvalue weighted by atomic mass is 10.1. The van der Waals surface area contributed by atoms with Crippen molar-refractivity contribution < 1.29 is 36.7 Å². The Hall–Kier alpha value is -3.88. The van der Waals surface area contributed by atoms with Crippen molar-refractivity contribution in [3.8, 4) is 11.3 Å². The van der Waals surface area contributed by atoms with E-state index in [1.54, 1.807) is 12.1 Å². The number of ketones is 1. The van der Waals surface area contributed by atoms with Crippen LogP contribution in [0.2, 0.25) is 0 Å². The van der Waals surface area contributed by atoms with Gasteiger partial charge in [0, 0.05) is 23.2 Å². The van der Waals surface area contributed by atoms with E-state index in [4.69, 9.17) is 9.15 Å². The van der Waals surface area contributed by atoms with Crippen LogP contribution in [0.25, 0.3) is 11.3 Å². The van der Waals surface area contributed by atoms with Gasteiger partial charge in [-0.2, -0.15) is 13.2 Å². The topological polar surface area (TPSA) is 85.6 Å². The molecular weight excluding hydrogens is 451 g/mol. The molecule has 6 nitrogen and oxygen atoms in total. The van der Waals surface area contributed by atoms with Crippen LogP contribution in [-0.4, -0.2) is 24.3 Å². The number of hydrogen-bond acceptors (Lipinski definition) is 5. The highest BCUT2D eigenvalue weighted by atomic mass is 19.4. The number of amides is 1. The summed E-state index contributed by atoms with van der Waals surface area (Å²) in [4.78, 5) is 36.3. The van der Waals surface area contributed by atoms with E-state index >= 15 is 0 Å². The number of carbonyl (C=O) groups excluding carboxylic acids is 3. The average Bonchev–Trinajstić information content (AvgIpc) is 3.27. The van der Waals surface area contributed by atoms with E-state index in [1.165, 1.54) is 36.4 Å². The average molecular weight is 473 g/mol. The van der Waals surface area contributed by atoms with Crippen LogP contribution in [0.4, 0.5) is 18.9 Å². The lowest BCUT2D eigenvalue weighted by molar-refractivity contribution is -0.137. The van der Waals surface area contributed by atoms with Gasteiger partial charge in [-0.1, -0.05) is 26.0 Å². The lowest BCUT2D eigenvalue weighted by Gasteiger charge is -2.08. The Morgan fingerprint density at radius 2 is 1.71 bits per heavy atom. The summed E-state index contributed by atoms with van der Waals surface area (Å²) >= 11 is 0. The van der Waals surface area contributed by atoms with Crippen LogP contribution in [0.3, 0.4) is 0 Å². The minimum absolute atomic E-state index is 0.0551. The third kappa shape index (κ3) is 6.57. The third-order valence-corrected chi connectivity index (χ3v) is 4.70. The summed E-state index contributed by atoms with van der Waals surface area (Å²) in [5, 5.41) is 2.73. The van der Waals surface area contributed by atoms with Crippen LogP contribution in [-0.2, 0) is 15.7 Å². The minimum Gasteiger partial charge on any atom is -0.451 e. The fraction of sp³-hybridized carbons (Fsp3) is 0.240. The zero-order valence-electron chi connectivity index (χ0n) is 18.4. The van der Waals surface area contributed by atoms with Crippen molar-refractivity contribution >= 4 is 23.3 Å². The smallest absolute Gasteiger partial charge is 0.416 e. The number of benzene rings is 2. The highest BCUT2D eigenvalue weighted by Crippen LogP contribution is 2.32. The summed E-state index contributed by atoms with van der Waals surface area (Å²) in [5.41, 5.74) is 0.114. The van der Waals surface area contributed by atoms with Crippen molar-refractivity contribution in [3.05, 3.63) is 77.6 Å². The first-order valence-electron chi connectivity index (χ1n) is 10.4. The number of rotatable bonds is 8. The minimum atomic E-state index is -4.51. The van der Waals surface area contributed by atoms with Gasteiger partial charge in [0.25, 0.3) is 0 Å². The van der Waals surface area contributed by atoms with Gasteiger partial charge >= 0.3 is 12.1 Å². The predicted octanol–water partition coefficient (Wildman–Crippen LogP) is 5.99. The summed E-state index contributed by atoms with van der Waals surface area (Å²) in [6.07, 6.45) is -4.14. The Kier molecular flexibility index (Phi) is 7.55. The second kappa shape index (κ2) is 10.4. The molecule has 3 rings (SSSR count). The molecule has 0 saturated carbocycles. The maximum atomic E-state index is 12.9. The molecule has 9 heteroatoms. The fourth-order valence-corrected chi connectivity index (χ4v) is 3.06. The Bertz CT molecular complexity index is 1180. The Morgan fingerprint density at radius 3 is 2.35 bits per heavy atom. The number of ether oxygens (including phenoxy) is 1. The number of anilines is 1. The number of halogens is 3. The van der Waals surface area contributed by atoms with Gasteiger partial charge in [0.1, 0.15) is 5.76 Å². The van der Waals surface area contributed by atoms with Crippen LogP contribution in [0.1, 0.15) is 46.7 Å². The summed E-state index contributed by atoms with van der Waals surface area (Å²) in [6, 6.07) is 13.2. The monoisotopic (exact) mass is 473 g/mol. The largest absolute Gasteiger partial charge is 0.451 e. The molecule has 0 radical (unpaired) electrons. The first-order valence-corrected chi connectivity index (χ1v) is 10.4. The number of carbonyl (C=O) groups is 3. The van der Waals surface area contributed by atoms with Gasteiger partial charge in [0.05, 0.1) is 5.56 Å². The van der Waals surface area contributed by atoms with Gasteiger partial charge in [-0.15, -0.1) is 0 Å². The van der Waals surface area contributed by atoms with Gasteiger partial charge in [-0.25, -0.2) is 4.79 Å². The molecule has 178 valence electrons. The van der Waals surface area contributed by atoms with E-state index < -0.39 is 30.1 Å². The lowest BCUT2D eigenvalue weighted by Crippen LogP contribution is -2.15. The van der Waals surface area contributed by atoms with Crippen LogP contribution in [0.15, 0.2) is 65.1 Å². The first-order chi connectivity index (χ1) is 16.0. The SMILES string of the molecule is CC(C)CC(=O)Nc1ccc(C(=O)COC(=O)c2ccc(-c3cccc(C(F)(F)F)c3)o2)cc1. The fourth-order valence-electron chi connectivity index (χ4n) is 3.06. The second-order valence-corrected chi connectivity index (χ2v) is 7.97. The number of furan rings is 1. The van der Waals surface area contributed by atoms with E-state index in [0.29, 0.717) is 12.1 Å². The molecule has 0 atom stereocenters. The van der Waals surface area contributed by atoms with Gasteiger partial charge in [-0.05, 0) is 54.4 Å². The first kappa shape index (κ1) is 24.8. The summed E-state index contributed by atoms with van der Waals surface area (Å²) in [7, 11) is 0. The molecule has 2 aromatic carbocycles. The van der Waals surface area contributed by atoms with Crippen LogP contribution in [0, 0.1) is 5.92 Å². The van der Waals surface area contributed by atoms with Crippen LogP contribution >= 0.6 is 0 Å². The van der Waals surface area contributed by atoms with Gasteiger partial charge in [0.15, 0.2) is 12.4 Å². The van der Waals surface area contributed by atoms with E-state index in [1.807, 2.05) is 13.8 Å². The van der Waals surface area contributed by atoms with E-state index in [9.17, 15) is 27.6 Å². The molecule has 1 amide bonds. The second-order valence-electron chi connectivity index (χ2n) is 7.97. The van der Waals surface area contributed by atoms with Crippen LogP contribution in [0.5, 0.6) is 0 Å². The molecule has 0 saturated heterocycles. The molecule has 0 aliphatic heterocycles.